The molecule has 1 unspecified atom stereocenters. The summed E-state index contributed by atoms with van der Waals surface area (Å²) in [5, 5.41) is 0. The van der Waals surface area contributed by atoms with Crippen molar-refractivity contribution < 1.29 is 14.3 Å². The lowest BCUT2D eigenvalue weighted by Crippen LogP contribution is -2.61. The van der Waals surface area contributed by atoms with Crippen LogP contribution in [0.1, 0.15) is 65.2 Å². The number of likely N-dealkylation sites (tertiary alicyclic amines) is 1. The van der Waals surface area contributed by atoms with Gasteiger partial charge < -0.3 is 9.64 Å². The molecule has 3 saturated carbocycles. The smallest absolute Gasteiger partial charge is 0.222 e. The fourth-order valence-electron chi connectivity index (χ4n) is 8.61. The third kappa shape index (κ3) is 3.71. The number of rotatable bonds is 6. The first-order valence-corrected chi connectivity index (χ1v) is 13.0. The first-order chi connectivity index (χ1) is 15.9. The number of benzene rings is 1. The molecule has 5 heteroatoms. The van der Waals surface area contributed by atoms with E-state index in [0.717, 1.165) is 49.3 Å². The van der Waals surface area contributed by atoms with Gasteiger partial charge in [-0.25, -0.2) is 0 Å². The molecule has 7 atom stereocenters. The lowest BCUT2D eigenvalue weighted by atomic mass is 9.47. The summed E-state index contributed by atoms with van der Waals surface area (Å²) in [6, 6.07) is 10.2. The topological polar surface area (TPSA) is 49.9 Å². The minimum atomic E-state index is 0.279. The van der Waals surface area contributed by atoms with E-state index in [1.165, 1.54) is 38.5 Å². The number of para-hydroxylation sites is 1. The lowest BCUT2D eigenvalue weighted by molar-refractivity contribution is -0.159. The van der Waals surface area contributed by atoms with E-state index in [9.17, 15) is 9.59 Å². The van der Waals surface area contributed by atoms with Crippen LogP contribution in [0.4, 0.5) is 5.69 Å². The summed E-state index contributed by atoms with van der Waals surface area (Å²) in [4.78, 5) is 27.7. The molecule has 1 aliphatic heterocycles. The molecule has 3 aliphatic carbocycles. The number of ether oxygens (including phenoxy) is 1. The zero-order valence-corrected chi connectivity index (χ0v) is 20.5. The maximum atomic E-state index is 12.4. The summed E-state index contributed by atoms with van der Waals surface area (Å²) < 4.78 is 6.16. The second-order valence-electron chi connectivity index (χ2n) is 11.7. The Morgan fingerprint density at radius 1 is 1.03 bits per heavy atom. The highest BCUT2D eigenvalue weighted by molar-refractivity contribution is 5.77. The number of piperidine rings is 1. The number of anilines is 1. The van der Waals surface area contributed by atoms with Crippen LogP contribution in [-0.2, 0) is 14.3 Å². The van der Waals surface area contributed by atoms with E-state index in [1.807, 2.05) is 37.4 Å². The van der Waals surface area contributed by atoms with Crippen LogP contribution in [-0.4, -0.2) is 43.6 Å². The number of hydrogen-bond acceptors (Lipinski definition) is 3. The Bertz CT molecular complexity index is 875. The standard InChI is InChI=1S/C28H40N2O3/c1-27-15-13-24-22(10-12-25-28(24,2)16-14-26(32)29(25)3)23(27)11-9-20(27)17-33-19-30(18-31)21-7-5-4-6-8-21/h4-8,18,20,22-25H,9-17,19H2,1-3H3/t20?,22-,23-,24-,25+,27+,28+/m0/s1. The fraction of sp³-hybridized carbons (Fsp3) is 0.714. The maximum absolute atomic E-state index is 12.4. The van der Waals surface area contributed by atoms with Crippen molar-refractivity contribution >= 4 is 18.0 Å². The molecule has 1 aromatic rings. The Kier molecular flexibility index (Phi) is 6.05. The molecule has 1 aromatic carbocycles. The van der Waals surface area contributed by atoms with Gasteiger partial charge in [0.05, 0.1) is 6.61 Å². The van der Waals surface area contributed by atoms with Gasteiger partial charge in [-0.2, -0.15) is 0 Å². The molecule has 180 valence electrons. The van der Waals surface area contributed by atoms with E-state index in [1.54, 1.807) is 4.90 Å². The number of hydrogen-bond donors (Lipinski definition) is 0. The molecule has 0 radical (unpaired) electrons. The van der Waals surface area contributed by atoms with Crippen molar-refractivity contribution in [2.45, 2.75) is 71.3 Å². The number of carbonyl (C=O) groups is 2. The highest BCUT2D eigenvalue weighted by atomic mass is 16.5. The summed E-state index contributed by atoms with van der Waals surface area (Å²) in [5.74, 6) is 3.20. The van der Waals surface area contributed by atoms with Crippen LogP contribution in [0.3, 0.4) is 0 Å². The van der Waals surface area contributed by atoms with Gasteiger partial charge in [-0.15, -0.1) is 0 Å². The number of fused-ring (bicyclic) bond motifs is 5. The Labute approximate surface area is 198 Å². The van der Waals surface area contributed by atoms with Gasteiger partial charge in [0, 0.05) is 25.2 Å². The molecule has 2 amide bonds. The van der Waals surface area contributed by atoms with Crippen molar-refractivity contribution in [3.63, 3.8) is 0 Å². The van der Waals surface area contributed by atoms with Gasteiger partial charge in [0.2, 0.25) is 12.3 Å². The van der Waals surface area contributed by atoms with Crippen LogP contribution in [0.2, 0.25) is 0 Å². The van der Waals surface area contributed by atoms with E-state index >= 15 is 0 Å². The predicted molar refractivity (Wildman–Crippen MR) is 129 cm³/mol. The van der Waals surface area contributed by atoms with Crippen LogP contribution in [0.5, 0.6) is 0 Å². The lowest BCUT2D eigenvalue weighted by Gasteiger charge is -2.61. The van der Waals surface area contributed by atoms with E-state index < -0.39 is 0 Å². The van der Waals surface area contributed by atoms with Gasteiger partial charge >= 0.3 is 0 Å². The Morgan fingerprint density at radius 2 is 1.79 bits per heavy atom. The van der Waals surface area contributed by atoms with E-state index in [0.29, 0.717) is 30.0 Å². The van der Waals surface area contributed by atoms with Crippen LogP contribution in [0, 0.1) is 34.5 Å². The minimum Gasteiger partial charge on any atom is -0.360 e. The molecule has 0 spiro atoms. The van der Waals surface area contributed by atoms with Crippen molar-refractivity contribution in [3.8, 4) is 0 Å². The monoisotopic (exact) mass is 452 g/mol. The first kappa shape index (κ1) is 22.9. The zero-order valence-electron chi connectivity index (χ0n) is 20.5. The summed E-state index contributed by atoms with van der Waals surface area (Å²) in [7, 11) is 2.04. The van der Waals surface area contributed by atoms with Crippen LogP contribution >= 0.6 is 0 Å². The van der Waals surface area contributed by atoms with E-state index in [-0.39, 0.29) is 5.41 Å². The Morgan fingerprint density at radius 3 is 2.55 bits per heavy atom. The molecule has 0 aromatic heterocycles. The summed E-state index contributed by atoms with van der Waals surface area (Å²) in [5.41, 5.74) is 1.49. The second-order valence-corrected chi connectivity index (χ2v) is 11.7. The molecule has 0 bridgehead atoms. The van der Waals surface area contributed by atoms with Crippen molar-refractivity contribution in [3.05, 3.63) is 30.3 Å². The SMILES string of the molecule is CN1C(=O)CC[C@]2(C)[C@H]3CC[C@]4(C)C(COCN(C=O)c5ccccc5)CC[C@H]4[C@@H]3CC[C@@H]12. The normalized spacial score (nSPS) is 40.0. The molecule has 4 aliphatic rings. The predicted octanol–water partition coefficient (Wildman–Crippen LogP) is 5.10. The summed E-state index contributed by atoms with van der Waals surface area (Å²) >= 11 is 0. The van der Waals surface area contributed by atoms with Gasteiger partial charge in [-0.05, 0) is 91.6 Å². The Balaban J connectivity index is 1.24. The Hall–Kier alpha value is -1.88. The molecule has 33 heavy (non-hydrogen) atoms. The van der Waals surface area contributed by atoms with Gasteiger partial charge in [0.1, 0.15) is 6.73 Å². The van der Waals surface area contributed by atoms with Crippen molar-refractivity contribution in [2.24, 2.45) is 34.5 Å². The van der Waals surface area contributed by atoms with E-state index in [2.05, 4.69) is 18.7 Å². The van der Waals surface area contributed by atoms with Gasteiger partial charge in [-0.3, -0.25) is 14.5 Å². The molecule has 5 rings (SSSR count). The van der Waals surface area contributed by atoms with Crippen molar-refractivity contribution in [2.75, 3.05) is 25.3 Å². The average molecular weight is 453 g/mol. The zero-order chi connectivity index (χ0) is 23.2. The van der Waals surface area contributed by atoms with Crippen LogP contribution in [0.25, 0.3) is 0 Å². The van der Waals surface area contributed by atoms with Crippen LogP contribution < -0.4 is 4.90 Å². The molecule has 0 N–H and O–H groups in total. The number of amides is 2. The second kappa shape index (κ2) is 8.72. The highest BCUT2D eigenvalue weighted by Crippen LogP contribution is 2.66. The fourth-order valence-corrected chi connectivity index (χ4v) is 8.61. The molecular formula is C28H40N2O3. The largest absolute Gasteiger partial charge is 0.360 e. The first-order valence-electron chi connectivity index (χ1n) is 13.0. The molecular weight excluding hydrogens is 412 g/mol. The summed E-state index contributed by atoms with van der Waals surface area (Å²) in [6.07, 6.45) is 10.2. The van der Waals surface area contributed by atoms with Gasteiger partial charge in [-0.1, -0.05) is 32.0 Å². The summed E-state index contributed by atoms with van der Waals surface area (Å²) in [6.45, 7) is 6.07. The quantitative estimate of drug-likeness (QED) is 0.446. The van der Waals surface area contributed by atoms with Gasteiger partial charge in [0.25, 0.3) is 0 Å². The van der Waals surface area contributed by atoms with Crippen LogP contribution in [0.15, 0.2) is 30.3 Å². The van der Waals surface area contributed by atoms with E-state index in [4.69, 9.17) is 4.74 Å². The number of carbonyl (C=O) groups excluding carboxylic acids is 2. The van der Waals surface area contributed by atoms with Gasteiger partial charge in [0.15, 0.2) is 0 Å². The minimum absolute atomic E-state index is 0.279. The maximum Gasteiger partial charge on any atom is 0.222 e. The van der Waals surface area contributed by atoms with Crippen molar-refractivity contribution in [1.82, 2.24) is 4.90 Å². The third-order valence-corrected chi connectivity index (χ3v) is 10.5. The van der Waals surface area contributed by atoms with Crippen molar-refractivity contribution in [1.29, 1.82) is 0 Å². The highest BCUT2D eigenvalue weighted by Gasteiger charge is 2.61. The third-order valence-electron chi connectivity index (χ3n) is 10.5. The molecule has 1 heterocycles. The average Bonchev–Trinajstić information content (AvgIpc) is 3.16. The molecule has 4 fully saturated rings. The number of nitrogens with zero attached hydrogens (tertiary/aromatic N) is 2. The molecule has 5 nitrogen and oxygen atoms in total. The molecule has 1 saturated heterocycles.